The second kappa shape index (κ2) is 7.07. The standard InChI is InChI=1S/C10H19NO2.ClH/c1-2-5-11-6-3-9(4-7-11)8-10(12)13;/h9H,2-8H2,1H3,(H,12,13);1H. The molecule has 3 nitrogen and oxygen atoms in total. The number of carbonyl (C=O) groups is 1. The fourth-order valence-electron chi connectivity index (χ4n) is 1.98. The van der Waals surface area contributed by atoms with Gasteiger partial charge in [-0.15, -0.1) is 12.4 Å². The zero-order valence-electron chi connectivity index (χ0n) is 8.74. The van der Waals surface area contributed by atoms with E-state index in [0.717, 1.165) is 25.9 Å². The molecule has 0 amide bonds. The van der Waals surface area contributed by atoms with Crippen molar-refractivity contribution >= 4 is 18.4 Å². The predicted octanol–water partition coefficient (Wildman–Crippen LogP) is 2.00. The second-order valence-corrected chi connectivity index (χ2v) is 3.88. The fraction of sp³-hybridized carbons (Fsp3) is 0.900. The van der Waals surface area contributed by atoms with Crippen molar-refractivity contribution in [3.05, 3.63) is 0 Å². The highest BCUT2D eigenvalue weighted by molar-refractivity contribution is 5.85. The van der Waals surface area contributed by atoms with Crippen LogP contribution < -0.4 is 0 Å². The number of likely N-dealkylation sites (tertiary alicyclic amines) is 1. The van der Waals surface area contributed by atoms with Gasteiger partial charge in [0.2, 0.25) is 0 Å². The lowest BCUT2D eigenvalue weighted by atomic mass is 9.93. The summed E-state index contributed by atoms with van der Waals surface area (Å²) in [4.78, 5) is 12.9. The molecule has 0 atom stereocenters. The molecule has 1 N–H and O–H groups in total. The summed E-state index contributed by atoms with van der Waals surface area (Å²) in [6.07, 6.45) is 3.68. The Balaban J connectivity index is 0.00000169. The lowest BCUT2D eigenvalue weighted by Gasteiger charge is -2.30. The molecule has 1 aliphatic heterocycles. The van der Waals surface area contributed by atoms with Crippen LogP contribution in [0.15, 0.2) is 0 Å². The normalized spacial score (nSPS) is 18.9. The number of nitrogens with zero attached hydrogens (tertiary/aromatic N) is 1. The Morgan fingerprint density at radius 2 is 2.00 bits per heavy atom. The molecule has 14 heavy (non-hydrogen) atoms. The molecule has 1 fully saturated rings. The first kappa shape index (κ1) is 13.7. The summed E-state index contributed by atoms with van der Waals surface area (Å²) in [6, 6.07) is 0. The molecule has 84 valence electrons. The first-order chi connectivity index (χ1) is 6.22. The number of halogens is 1. The average molecular weight is 222 g/mol. The molecule has 0 saturated carbocycles. The van der Waals surface area contributed by atoms with Crippen LogP contribution in [-0.2, 0) is 4.79 Å². The van der Waals surface area contributed by atoms with Crippen LogP contribution >= 0.6 is 12.4 Å². The van der Waals surface area contributed by atoms with E-state index in [1.165, 1.54) is 13.0 Å². The molecular formula is C10H20ClNO2. The lowest BCUT2D eigenvalue weighted by molar-refractivity contribution is -0.138. The zero-order valence-corrected chi connectivity index (χ0v) is 9.55. The van der Waals surface area contributed by atoms with Gasteiger partial charge < -0.3 is 10.0 Å². The SMILES string of the molecule is CCCN1CCC(CC(=O)O)CC1.Cl. The molecule has 0 unspecified atom stereocenters. The van der Waals surface area contributed by atoms with E-state index in [1.54, 1.807) is 0 Å². The highest BCUT2D eigenvalue weighted by atomic mass is 35.5. The Hall–Kier alpha value is -0.280. The molecule has 1 aliphatic rings. The number of piperidine rings is 1. The van der Waals surface area contributed by atoms with Gasteiger partial charge in [0.25, 0.3) is 0 Å². The van der Waals surface area contributed by atoms with Gasteiger partial charge in [-0.05, 0) is 44.8 Å². The van der Waals surface area contributed by atoms with Crippen molar-refractivity contribution in [2.45, 2.75) is 32.6 Å². The van der Waals surface area contributed by atoms with Crippen LogP contribution in [0.2, 0.25) is 0 Å². The number of hydrogen-bond donors (Lipinski definition) is 1. The molecule has 4 heteroatoms. The van der Waals surface area contributed by atoms with Gasteiger partial charge in [-0.2, -0.15) is 0 Å². The molecule has 0 aliphatic carbocycles. The van der Waals surface area contributed by atoms with Crippen LogP contribution in [0.5, 0.6) is 0 Å². The quantitative estimate of drug-likeness (QED) is 0.790. The minimum atomic E-state index is -0.644. The van der Waals surface area contributed by atoms with Gasteiger partial charge in [-0.3, -0.25) is 4.79 Å². The van der Waals surface area contributed by atoms with E-state index in [0.29, 0.717) is 12.3 Å². The Morgan fingerprint density at radius 1 is 1.43 bits per heavy atom. The number of carboxylic acid groups (broad SMARTS) is 1. The highest BCUT2D eigenvalue weighted by Crippen LogP contribution is 2.20. The number of aliphatic carboxylic acids is 1. The summed E-state index contributed by atoms with van der Waals surface area (Å²) in [5.41, 5.74) is 0. The van der Waals surface area contributed by atoms with Crippen molar-refractivity contribution in [1.29, 1.82) is 0 Å². The van der Waals surface area contributed by atoms with Gasteiger partial charge in [-0.25, -0.2) is 0 Å². The van der Waals surface area contributed by atoms with Crippen molar-refractivity contribution in [2.24, 2.45) is 5.92 Å². The first-order valence-electron chi connectivity index (χ1n) is 5.16. The summed E-state index contributed by atoms with van der Waals surface area (Å²) in [5, 5.41) is 8.62. The average Bonchev–Trinajstić information content (AvgIpc) is 2.08. The molecule has 0 spiro atoms. The maximum atomic E-state index is 10.5. The van der Waals surface area contributed by atoms with E-state index in [-0.39, 0.29) is 12.4 Å². The largest absolute Gasteiger partial charge is 0.481 e. The van der Waals surface area contributed by atoms with E-state index in [2.05, 4.69) is 11.8 Å². The van der Waals surface area contributed by atoms with Crippen LogP contribution in [0.4, 0.5) is 0 Å². The molecule has 0 aromatic heterocycles. The third-order valence-corrected chi connectivity index (χ3v) is 2.71. The summed E-state index contributed by atoms with van der Waals surface area (Å²) in [6.45, 7) is 5.53. The van der Waals surface area contributed by atoms with E-state index < -0.39 is 5.97 Å². The zero-order chi connectivity index (χ0) is 9.68. The van der Waals surface area contributed by atoms with Gasteiger partial charge >= 0.3 is 5.97 Å². The van der Waals surface area contributed by atoms with Gasteiger partial charge in [0.1, 0.15) is 0 Å². The fourth-order valence-corrected chi connectivity index (χ4v) is 1.98. The minimum Gasteiger partial charge on any atom is -0.481 e. The van der Waals surface area contributed by atoms with Gasteiger partial charge in [-0.1, -0.05) is 6.92 Å². The summed E-state index contributed by atoms with van der Waals surface area (Å²) in [7, 11) is 0. The summed E-state index contributed by atoms with van der Waals surface area (Å²) < 4.78 is 0. The lowest BCUT2D eigenvalue weighted by Crippen LogP contribution is -2.34. The Labute approximate surface area is 91.9 Å². The number of hydrogen-bond acceptors (Lipinski definition) is 2. The van der Waals surface area contributed by atoms with Crippen molar-refractivity contribution < 1.29 is 9.90 Å². The third kappa shape index (κ3) is 4.82. The van der Waals surface area contributed by atoms with Crippen LogP contribution in [-0.4, -0.2) is 35.6 Å². The van der Waals surface area contributed by atoms with Crippen molar-refractivity contribution in [3.63, 3.8) is 0 Å². The van der Waals surface area contributed by atoms with Crippen LogP contribution in [0.1, 0.15) is 32.6 Å². The van der Waals surface area contributed by atoms with Gasteiger partial charge in [0.15, 0.2) is 0 Å². The molecular weight excluding hydrogens is 202 g/mol. The first-order valence-corrected chi connectivity index (χ1v) is 5.16. The Kier molecular flexibility index (Phi) is 6.93. The predicted molar refractivity (Wildman–Crippen MR) is 59.0 cm³/mol. The van der Waals surface area contributed by atoms with Gasteiger partial charge in [0, 0.05) is 6.42 Å². The smallest absolute Gasteiger partial charge is 0.303 e. The number of rotatable bonds is 4. The molecule has 0 bridgehead atoms. The number of carboxylic acids is 1. The molecule has 1 heterocycles. The van der Waals surface area contributed by atoms with E-state index in [4.69, 9.17) is 5.11 Å². The molecule has 1 rings (SSSR count). The summed E-state index contributed by atoms with van der Waals surface area (Å²) >= 11 is 0. The molecule has 0 radical (unpaired) electrons. The van der Waals surface area contributed by atoms with E-state index >= 15 is 0 Å². The Morgan fingerprint density at radius 3 is 2.43 bits per heavy atom. The van der Waals surface area contributed by atoms with Crippen molar-refractivity contribution in [1.82, 2.24) is 4.90 Å². The third-order valence-electron chi connectivity index (χ3n) is 2.71. The monoisotopic (exact) mass is 221 g/mol. The highest BCUT2D eigenvalue weighted by Gasteiger charge is 2.20. The molecule has 1 saturated heterocycles. The molecule has 0 aromatic rings. The summed E-state index contributed by atoms with van der Waals surface area (Å²) in [5.74, 6) is -0.223. The van der Waals surface area contributed by atoms with Crippen LogP contribution in [0.25, 0.3) is 0 Å². The van der Waals surface area contributed by atoms with E-state index in [9.17, 15) is 4.79 Å². The van der Waals surface area contributed by atoms with E-state index in [1.807, 2.05) is 0 Å². The maximum absolute atomic E-state index is 10.5. The van der Waals surface area contributed by atoms with Crippen molar-refractivity contribution in [3.8, 4) is 0 Å². The van der Waals surface area contributed by atoms with Gasteiger partial charge in [0.05, 0.1) is 0 Å². The Bertz CT molecular complexity index is 168. The minimum absolute atomic E-state index is 0. The molecule has 0 aromatic carbocycles. The maximum Gasteiger partial charge on any atom is 0.303 e. The second-order valence-electron chi connectivity index (χ2n) is 3.88. The van der Waals surface area contributed by atoms with Crippen LogP contribution in [0, 0.1) is 5.92 Å². The van der Waals surface area contributed by atoms with Crippen molar-refractivity contribution in [2.75, 3.05) is 19.6 Å². The van der Waals surface area contributed by atoms with Crippen LogP contribution in [0.3, 0.4) is 0 Å². The topological polar surface area (TPSA) is 40.5 Å².